The Labute approximate surface area is 161 Å². The van der Waals surface area contributed by atoms with E-state index in [1.165, 1.54) is 12.1 Å². The Hall–Kier alpha value is -2.38. The van der Waals surface area contributed by atoms with E-state index in [-0.39, 0.29) is 35.0 Å². The Balaban J connectivity index is 1.83. The SMILES string of the molecule is CCC(C)C(NC(=O)C1CCCC1)c1nc(-c2cccc(C(F)(F)F)c2)no1. The zero-order valence-electron chi connectivity index (χ0n) is 15.9. The number of halogens is 3. The van der Waals surface area contributed by atoms with E-state index in [2.05, 4.69) is 15.5 Å². The number of hydrogen-bond donors (Lipinski definition) is 1. The molecule has 1 amide bonds. The second kappa shape index (κ2) is 8.32. The lowest BCUT2D eigenvalue weighted by Crippen LogP contribution is -2.36. The number of aromatic nitrogens is 2. The molecule has 1 aromatic carbocycles. The minimum atomic E-state index is -4.45. The van der Waals surface area contributed by atoms with E-state index in [0.29, 0.717) is 0 Å². The summed E-state index contributed by atoms with van der Waals surface area (Å²) in [6, 6.07) is 4.32. The number of rotatable bonds is 6. The van der Waals surface area contributed by atoms with Crippen LogP contribution in [0.4, 0.5) is 13.2 Å². The van der Waals surface area contributed by atoms with Crippen LogP contribution in [0.15, 0.2) is 28.8 Å². The maximum Gasteiger partial charge on any atom is 0.416 e. The lowest BCUT2D eigenvalue weighted by atomic mass is 9.97. The molecule has 2 aromatic rings. The molecule has 0 radical (unpaired) electrons. The molecule has 0 aliphatic heterocycles. The fourth-order valence-corrected chi connectivity index (χ4v) is 3.46. The summed E-state index contributed by atoms with van der Waals surface area (Å²) >= 11 is 0. The molecule has 1 aromatic heterocycles. The van der Waals surface area contributed by atoms with Crippen molar-refractivity contribution >= 4 is 5.91 Å². The fourth-order valence-electron chi connectivity index (χ4n) is 3.46. The van der Waals surface area contributed by atoms with Crippen LogP contribution in [0.25, 0.3) is 11.4 Å². The summed E-state index contributed by atoms with van der Waals surface area (Å²) in [5.41, 5.74) is -0.556. The third kappa shape index (κ3) is 4.54. The molecule has 1 aliphatic carbocycles. The Kier molecular flexibility index (Phi) is 6.05. The standard InChI is InChI=1S/C20H24F3N3O2/c1-3-12(2)16(24-18(27)13-7-4-5-8-13)19-25-17(26-28-19)14-9-6-10-15(11-14)20(21,22)23/h6,9-13,16H,3-5,7-8H2,1-2H3,(H,24,27). The predicted molar refractivity (Wildman–Crippen MR) is 97.0 cm³/mol. The maximum atomic E-state index is 12.9. The predicted octanol–water partition coefficient (Wildman–Crippen LogP) is 5.15. The normalized spacial score (nSPS) is 17.5. The molecule has 1 aliphatic rings. The lowest BCUT2D eigenvalue weighted by molar-refractivity contribution is -0.137. The molecule has 0 spiro atoms. The van der Waals surface area contributed by atoms with Crippen LogP contribution in [-0.2, 0) is 11.0 Å². The van der Waals surface area contributed by atoms with E-state index in [1.54, 1.807) is 0 Å². The molecule has 3 rings (SSSR count). The minimum Gasteiger partial charge on any atom is -0.344 e. The maximum absolute atomic E-state index is 12.9. The van der Waals surface area contributed by atoms with E-state index < -0.39 is 17.8 Å². The van der Waals surface area contributed by atoms with Gasteiger partial charge in [0.15, 0.2) is 0 Å². The van der Waals surface area contributed by atoms with Crippen LogP contribution in [0.2, 0.25) is 0 Å². The molecular formula is C20H24F3N3O2. The van der Waals surface area contributed by atoms with Crippen LogP contribution in [0.1, 0.15) is 63.4 Å². The van der Waals surface area contributed by atoms with Gasteiger partial charge in [0.05, 0.1) is 5.56 Å². The van der Waals surface area contributed by atoms with Gasteiger partial charge in [0.2, 0.25) is 17.6 Å². The molecule has 5 nitrogen and oxygen atoms in total. The number of carbonyl (C=O) groups excluding carboxylic acids is 1. The first-order valence-electron chi connectivity index (χ1n) is 9.61. The second-order valence-corrected chi connectivity index (χ2v) is 7.39. The van der Waals surface area contributed by atoms with Crippen molar-refractivity contribution in [3.63, 3.8) is 0 Å². The Morgan fingerprint density at radius 2 is 2.04 bits per heavy atom. The highest BCUT2D eigenvalue weighted by atomic mass is 19.4. The number of hydrogen-bond acceptors (Lipinski definition) is 4. The van der Waals surface area contributed by atoms with Crippen molar-refractivity contribution < 1.29 is 22.5 Å². The third-order valence-corrected chi connectivity index (χ3v) is 5.39. The van der Waals surface area contributed by atoms with Gasteiger partial charge in [0.1, 0.15) is 6.04 Å². The first kappa shape index (κ1) is 20.4. The van der Waals surface area contributed by atoms with Crippen LogP contribution < -0.4 is 5.32 Å². The van der Waals surface area contributed by atoms with Gasteiger partial charge in [-0.25, -0.2) is 0 Å². The first-order valence-corrected chi connectivity index (χ1v) is 9.61. The van der Waals surface area contributed by atoms with Gasteiger partial charge in [-0.15, -0.1) is 0 Å². The smallest absolute Gasteiger partial charge is 0.344 e. The Bertz CT molecular complexity index is 813. The fraction of sp³-hybridized carbons (Fsp3) is 0.550. The number of nitrogens with one attached hydrogen (secondary N) is 1. The number of nitrogens with zero attached hydrogens (tertiary/aromatic N) is 2. The van der Waals surface area contributed by atoms with Gasteiger partial charge >= 0.3 is 6.18 Å². The summed E-state index contributed by atoms with van der Waals surface area (Å²) in [5.74, 6) is 0.303. The summed E-state index contributed by atoms with van der Waals surface area (Å²) in [6.45, 7) is 3.96. The van der Waals surface area contributed by atoms with Crippen molar-refractivity contribution in [1.29, 1.82) is 0 Å². The third-order valence-electron chi connectivity index (χ3n) is 5.39. The molecule has 0 saturated heterocycles. The van der Waals surface area contributed by atoms with Gasteiger partial charge in [-0.3, -0.25) is 4.79 Å². The zero-order chi connectivity index (χ0) is 20.3. The van der Waals surface area contributed by atoms with Crippen molar-refractivity contribution in [3.05, 3.63) is 35.7 Å². The van der Waals surface area contributed by atoms with Crippen molar-refractivity contribution in [2.75, 3.05) is 0 Å². The summed E-state index contributed by atoms with van der Waals surface area (Å²) < 4.78 is 44.2. The van der Waals surface area contributed by atoms with Crippen LogP contribution >= 0.6 is 0 Å². The highest BCUT2D eigenvalue weighted by Gasteiger charge is 2.32. The summed E-state index contributed by atoms with van der Waals surface area (Å²) in [7, 11) is 0. The molecule has 0 bridgehead atoms. The van der Waals surface area contributed by atoms with Crippen molar-refractivity contribution in [3.8, 4) is 11.4 Å². The molecule has 1 fully saturated rings. The van der Waals surface area contributed by atoms with Crippen molar-refractivity contribution in [2.24, 2.45) is 11.8 Å². The Morgan fingerprint density at radius 3 is 2.68 bits per heavy atom. The Morgan fingerprint density at radius 1 is 1.32 bits per heavy atom. The average molecular weight is 395 g/mol. The van der Waals surface area contributed by atoms with E-state index >= 15 is 0 Å². The number of alkyl halides is 3. The molecule has 1 N–H and O–H groups in total. The molecular weight excluding hydrogens is 371 g/mol. The molecule has 28 heavy (non-hydrogen) atoms. The average Bonchev–Trinajstić information content (AvgIpc) is 3.36. The summed E-state index contributed by atoms with van der Waals surface area (Å²) in [6.07, 6.45) is 0.170. The zero-order valence-corrected chi connectivity index (χ0v) is 15.9. The molecule has 2 atom stereocenters. The lowest BCUT2D eigenvalue weighted by Gasteiger charge is -2.22. The number of carbonyl (C=O) groups is 1. The van der Waals surface area contributed by atoms with Crippen LogP contribution in [0.3, 0.4) is 0 Å². The highest BCUT2D eigenvalue weighted by molar-refractivity contribution is 5.79. The van der Waals surface area contributed by atoms with Crippen LogP contribution in [0, 0.1) is 11.8 Å². The van der Waals surface area contributed by atoms with Crippen molar-refractivity contribution in [2.45, 2.75) is 58.2 Å². The van der Waals surface area contributed by atoms with E-state index in [4.69, 9.17) is 4.52 Å². The molecule has 1 saturated carbocycles. The minimum absolute atomic E-state index is 0.00239. The van der Waals surface area contributed by atoms with E-state index in [1.807, 2.05) is 13.8 Å². The quantitative estimate of drug-likeness (QED) is 0.735. The highest BCUT2D eigenvalue weighted by Crippen LogP contribution is 2.33. The largest absolute Gasteiger partial charge is 0.416 e. The summed E-state index contributed by atoms with van der Waals surface area (Å²) in [5, 5.41) is 6.86. The van der Waals surface area contributed by atoms with Gasteiger partial charge in [-0.1, -0.05) is 50.4 Å². The molecule has 152 valence electrons. The topological polar surface area (TPSA) is 68.0 Å². The van der Waals surface area contributed by atoms with Crippen LogP contribution in [-0.4, -0.2) is 16.0 Å². The second-order valence-electron chi connectivity index (χ2n) is 7.39. The first-order chi connectivity index (χ1) is 13.3. The van der Waals surface area contributed by atoms with Gasteiger partial charge in [-0.2, -0.15) is 18.2 Å². The van der Waals surface area contributed by atoms with E-state index in [0.717, 1.165) is 44.2 Å². The van der Waals surface area contributed by atoms with Gasteiger partial charge in [-0.05, 0) is 30.9 Å². The van der Waals surface area contributed by atoms with Crippen LogP contribution in [0.5, 0.6) is 0 Å². The van der Waals surface area contributed by atoms with Gasteiger partial charge in [0.25, 0.3) is 0 Å². The van der Waals surface area contributed by atoms with Gasteiger partial charge < -0.3 is 9.84 Å². The molecule has 8 heteroatoms. The van der Waals surface area contributed by atoms with Gasteiger partial charge in [0, 0.05) is 11.5 Å². The summed E-state index contributed by atoms with van der Waals surface area (Å²) in [4.78, 5) is 16.8. The molecule has 2 unspecified atom stereocenters. The number of amides is 1. The molecule has 1 heterocycles. The van der Waals surface area contributed by atoms with E-state index in [9.17, 15) is 18.0 Å². The number of benzene rings is 1. The monoisotopic (exact) mass is 395 g/mol. The van der Waals surface area contributed by atoms with Crippen molar-refractivity contribution in [1.82, 2.24) is 15.5 Å².